The second-order valence-electron chi connectivity index (χ2n) is 4.12. The molecule has 0 unspecified atom stereocenters. The molecule has 0 spiro atoms. The maximum Gasteiger partial charge on any atom is 0.335 e. The molecule has 19 heavy (non-hydrogen) atoms. The Kier molecular flexibility index (Phi) is 5.63. The van der Waals surface area contributed by atoms with Gasteiger partial charge >= 0.3 is 11.9 Å². The second kappa shape index (κ2) is 6.99. The van der Waals surface area contributed by atoms with E-state index in [1.165, 1.54) is 12.1 Å². The van der Waals surface area contributed by atoms with Gasteiger partial charge in [-0.15, -0.1) is 12.4 Å². The lowest BCUT2D eigenvalue weighted by molar-refractivity contribution is -0.145. The quantitative estimate of drug-likeness (QED) is 0.641. The first-order valence-corrected chi connectivity index (χ1v) is 5.79. The van der Waals surface area contributed by atoms with Gasteiger partial charge in [0.1, 0.15) is 19.0 Å². The van der Waals surface area contributed by atoms with E-state index in [4.69, 9.17) is 14.6 Å². The number of aromatic carboxylic acids is 1. The maximum atomic E-state index is 11.2. The highest BCUT2D eigenvalue weighted by atomic mass is 35.5. The molecule has 0 aliphatic heterocycles. The normalized spacial score (nSPS) is 13.3. The number of esters is 1. The Hall–Kier alpha value is -1.75. The van der Waals surface area contributed by atoms with Gasteiger partial charge in [-0.3, -0.25) is 4.79 Å². The van der Waals surface area contributed by atoms with Crippen LogP contribution in [0.1, 0.15) is 23.2 Å². The Balaban J connectivity index is 0.00000180. The van der Waals surface area contributed by atoms with Crippen LogP contribution in [0.3, 0.4) is 0 Å². The predicted octanol–water partition coefficient (Wildman–Crippen LogP) is 2.14. The monoisotopic (exact) mass is 286 g/mol. The number of carboxylic acids is 1. The summed E-state index contributed by atoms with van der Waals surface area (Å²) in [5.74, 6) is -0.470. The van der Waals surface area contributed by atoms with Crippen molar-refractivity contribution in [3.05, 3.63) is 29.8 Å². The number of carbonyl (C=O) groups is 2. The lowest BCUT2D eigenvalue weighted by atomic mass is 10.2. The molecule has 6 heteroatoms. The molecule has 104 valence electrons. The summed E-state index contributed by atoms with van der Waals surface area (Å²) >= 11 is 0. The van der Waals surface area contributed by atoms with Crippen molar-refractivity contribution < 1.29 is 24.2 Å². The van der Waals surface area contributed by atoms with Crippen molar-refractivity contribution in [2.45, 2.75) is 12.8 Å². The van der Waals surface area contributed by atoms with E-state index >= 15 is 0 Å². The third kappa shape index (κ3) is 4.79. The van der Waals surface area contributed by atoms with Gasteiger partial charge in [0, 0.05) is 0 Å². The topological polar surface area (TPSA) is 72.8 Å². The van der Waals surface area contributed by atoms with Crippen LogP contribution in [0.2, 0.25) is 0 Å². The third-order valence-electron chi connectivity index (χ3n) is 2.61. The summed E-state index contributed by atoms with van der Waals surface area (Å²) in [6.45, 7) is 0.487. The highest BCUT2D eigenvalue weighted by Gasteiger charge is 2.30. The summed E-state index contributed by atoms with van der Waals surface area (Å²) < 4.78 is 10.3. The van der Waals surface area contributed by atoms with Crippen LogP contribution in [-0.2, 0) is 9.53 Å². The minimum atomic E-state index is -0.972. The molecule has 0 amide bonds. The van der Waals surface area contributed by atoms with Crippen molar-refractivity contribution in [3.8, 4) is 5.75 Å². The molecule has 1 saturated carbocycles. The zero-order chi connectivity index (χ0) is 13.0. The molecule has 1 aliphatic carbocycles. The summed E-state index contributed by atoms with van der Waals surface area (Å²) in [7, 11) is 0. The van der Waals surface area contributed by atoms with Gasteiger partial charge in [-0.05, 0) is 37.1 Å². The molecule has 1 aromatic carbocycles. The van der Waals surface area contributed by atoms with Crippen LogP contribution >= 0.6 is 12.4 Å². The first-order valence-electron chi connectivity index (χ1n) is 5.79. The van der Waals surface area contributed by atoms with Crippen LogP contribution in [-0.4, -0.2) is 30.3 Å². The molecule has 0 atom stereocenters. The third-order valence-corrected chi connectivity index (χ3v) is 2.61. The summed E-state index contributed by atoms with van der Waals surface area (Å²) in [5, 5.41) is 8.71. The Morgan fingerprint density at radius 3 is 2.32 bits per heavy atom. The second-order valence-corrected chi connectivity index (χ2v) is 4.12. The van der Waals surface area contributed by atoms with Crippen molar-refractivity contribution in [1.29, 1.82) is 0 Å². The number of halogens is 1. The van der Waals surface area contributed by atoms with Crippen molar-refractivity contribution in [2.75, 3.05) is 13.2 Å². The average molecular weight is 287 g/mol. The minimum Gasteiger partial charge on any atom is -0.490 e. The highest BCUT2D eigenvalue weighted by molar-refractivity contribution is 5.87. The van der Waals surface area contributed by atoms with Crippen molar-refractivity contribution >= 4 is 24.3 Å². The van der Waals surface area contributed by atoms with Crippen LogP contribution in [0.25, 0.3) is 0 Å². The summed E-state index contributed by atoms with van der Waals surface area (Å²) in [4.78, 5) is 21.8. The summed E-state index contributed by atoms with van der Waals surface area (Å²) in [6, 6.07) is 6.08. The van der Waals surface area contributed by atoms with E-state index in [1.807, 2.05) is 0 Å². The van der Waals surface area contributed by atoms with Crippen LogP contribution in [0.4, 0.5) is 0 Å². The van der Waals surface area contributed by atoms with Crippen molar-refractivity contribution in [2.24, 2.45) is 5.92 Å². The van der Waals surface area contributed by atoms with Crippen LogP contribution in [0, 0.1) is 5.92 Å². The van der Waals surface area contributed by atoms with Gasteiger partial charge in [0.05, 0.1) is 11.5 Å². The minimum absolute atomic E-state index is 0. The smallest absolute Gasteiger partial charge is 0.335 e. The molecule has 2 rings (SSSR count). The van der Waals surface area contributed by atoms with Gasteiger partial charge < -0.3 is 14.6 Å². The van der Waals surface area contributed by atoms with E-state index in [0.29, 0.717) is 5.75 Å². The first-order chi connectivity index (χ1) is 8.66. The summed E-state index contributed by atoms with van der Waals surface area (Å²) in [6.07, 6.45) is 1.85. The van der Waals surface area contributed by atoms with Gasteiger partial charge in [0.25, 0.3) is 0 Å². The van der Waals surface area contributed by atoms with E-state index in [9.17, 15) is 9.59 Å². The predicted molar refractivity (Wildman–Crippen MR) is 69.8 cm³/mol. The number of carbonyl (C=O) groups excluding carboxylic acids is 1. The standard InChI is InChI=1S/C13H14O5.ClH/c14-12(15)9-3-5-11(6-4-9)17-7-8-18-13(16)10-1-2-10;/h3-6,10H,1-2,7-8H2,(H,14,15);1H. The molecule has 1 fully saturated rings. The van der Waals surface area contributed by atoms with E-state index in [2.05, 4.69) is 0 Å². The Morgan fingerprint density at radius 1 is 1.16 bits per heavy atom. The molecule has 0 saturated heterocycles. The van der Waals surface area contributed by atoms with Gasteiger partial charge in [0.2, 0.25) is 0 Å². The molecule has 5 nitrogen and oxygen atoms in total. The number of hydrogen-bond acceptors (Lipinski definition) is 4. The van der Waals surface area contributed by atoms with E-state index < -0.39 is 5.97 Å². The summed E-state index contributed by atoms with van der Waals surface area (Å²) in [5.41, 5.74) is 0.211. The number of benzene rings is 1. The number of carboxylic acid groups (broad SMARTS) is 1. The highest BCUT2D eigenvalue weighted by Crippen LogP contribution is 2.29. The van der Waals surface area contributed by atoms with Gasteiger partial charge in [-0.2, -0.15) is 0 Å². The zero-order valence-corrected chi connectivity index (χ0v) is 11.0. The molecule has 1 aliphatic rings. The maximum absolute atomic E-state index is 11.2. The molecule has 0 aromatic heterocycles. The Bertz CT molecular complexity index is 439. The molecular weight excluding hydrogens is 272 g/mol. The zero-order valence-electron chi connectivity index (χ0n) is 10.2. The molecule has 0 radical (unpaired) electrons. The van der Waals surface area contributed by atoms with Crippen molar-refractivity contribution in [1.82, 2.24) is 0 Å². The van der Waals surface area contributed by atoms with Crippen LogP contribution in [0.15, 0.2) is 24.3 Å². The van der Waals surface area contributed by atoms with E-state index in [0.717, 1.165) is 12.8 Å². The Labute approximate surface area is 116 Å². The van der Waals surface area contributed by atoms with Crippen LogP contribution in [0.5, 0.6) is 5.75 Å². The van der Waals surface area contributed by atoms with Crippen molar-refractivity contribution in [3.63, 3.8) is 0 Å². The molecule has 0 heterocycles. The SMILES string of the molecule is Cl.O=C(O)c1ccc(OCCOC(=O)C2CC2)cc1. The first kappa shape index (κ1) is 15.3. The fourth-order valence-electron chi connectivity index (χ4n) is 1.43. The molecular formula is C13H15ClO5. The fraction of sp³-hybridized carbons (Fsp3) is 0.385. The fourth-order valence-corrected chi connectivity index (χ4v) is 1.43. The van der Waals surface area contributed by atoms with Crippen LogP contribution < -0.4 is 4.74 Å². The molecule has 1 aromatic rings. The van der Waals surface area contributed by atoms with E-state index in [-0.39, 0.29) is 43.1 Å². The largest absolute Gasteiger partial charge is 0.490 e. The Morgan fingerprint density at radius 2 is 1.79 bits per heavy atom. The van der Waals surface area contributed by atoms with Gasteiger partial charge in [-0.25, -0.2) is 4.79 Å². The molecule has 0 bridgehead atoms. The lowest BCUT2D eigenvalue weighted by Crippen LogP contribution is -2.13. The average Bonchev–Trinajstić information content (AvgIpc) is 3.19. The van der Waals surface area contributed by atoms with Gasteiger partial charge in [-0.1, -0.05) is 0 Å². The number of hydrogen-bond donors (Lipinski definition) is 1. The lowest BCUT2D eigenvalue weighted by Gasteiger charge is -2.07. The number of ether oxygens (including phenoxy) is 2. The molecule has 1 N–H and O–H groups in total. The number of rotatable bonds is 6. The van der Waals surface area contributed by atoms with Gasteiger partial charge in [0.15, 0.2) is 0 Å². The van der Waals surface area contributed by atoms with E-state index in [1.54, 1.807) is 12.1 Å².